The Morgan fingerprint density at radius 3 is 2.42 bits per heavy atom. The van der Waals surface area contributed by atoms with E-state index in [1.807, 2.05) is 54.6 Å². The molecule has 1 amide bonds. The molecule has 2 aromatic rings. The van der Waals surface area contributed by atoms with E-state index in [0.29, 0.717) is 0 Å². The lowest BCUT2D eigenvalue weighted by molar-refractivity contribution is -0.138. The maximum atomic E-state index is 11.8. The molecule has 0 radical (unpaired) electrons. The van der Waals surface area contributed by atoms with Crippen LogP contribution in [-0.2, 0) is 16.1 Å². The Morgan fingerprint density at radius 2 is 1.79 bits per heavy atom. The quantitative estimate of drug-likeness (QED) is 0.786. The van der Waals surface area contributed by atoms with Crippen LogP contribution in [0.3, 0.4) is 0 Å². The number of ether oxygens (including phenoxy) is 1. The summed E-state index contributed by atoms with van der Waals surface area (Å²) in [6, 6.07) is 15.3. The topological polar surface area (TPSA) is 75.6 Å². The van der Waals surface area contributed by atoms with E-state index < -0.39 is 18.1 Å². The van der Waals surface area contributed by atoms with Crippen LogP contribution in [0.4, 0.5) is 4.79 Å². The zero-order valence-corrected chi connectivity index (χ0v) is 14.3. The molecular weight excluding hydrogens is 374 g/mol. The Hall–Kier alpha value is -2.60. The van der Waals surface area contributed by atoms with E-state index in [1.54, 1.807) is 6.08 Å². The number of alkyl carbamates (subject to hydrolysis) is 1. The molecule has 0 aliphatic heterocycles. The largest absolute Gasteiger partial charge is 0.479 e. The van der Waals surface area contributed by atoms with Gasteiger partial charge in [0.05, 0.1) is 0 Å². The van der Waals surface area contributed by atoms with Crippen LogP contribution in [0.5, 0.6) is 0 Å². The Balaban J connectivity index is 1.91. The number of benzene rings is 2. The van der Waals surface area contributed by atoms with E-state index in [2.05, 4.69) is 21.2 Å². The van der Waals surface area contributed by atoms with Crippen molar-refractivity contribution in [3.05, 3.63) is 76.3 Å². The summed E-state index contributed by atoms with van der Waals surface area (Å²) < 4.78 is 5.95. The fourth-order valence-corrected chi connectivity index (χ4v) is 2.13. The number of aliphatic carboxylic acids is 1. The summed E-state index contributed by atoms with van der Waals surface area (Å²) >= 11 is 3.33. The Kier molecular flexibility index (Phi) is 6.57. The fraction of sp³-hybridized carbons (Fsp3) is 0.111. The SMILES string of the molecule is O=C(N[C@@H](/C=C/c1ccc(Br)cc1)C(=O)O)OCc1ccccc1. The number of carboxylic acids is 1. The van der Waals surface area contributed by atoms with Crippen molar-refractivity contribution >= 4 is 34.1 Å². The molecule has 124 valence electrons. The molecule has 0 saturated carbocycles. The van der Waals surface area contributed by atoms with Crippen LogP contribution in [0.25, 0.3) is 6.08 Å². The number of amides is 1. The van der Waals surface area contributed by atoms with E-state index in [4.69, 9.17) is 4.74 Å². The predicted molar refractivity (Wildman–Crippen MR) is 94.4 cm³/mol. The van der Waals surface area contributed by atoms with Crippen molar-refractivity contribution in [1.29, 1.82) is 0 Å². The van der Waals surface area contributed by atoms with Gasteiger partial charge in [0.25, 0.3) is 0 Å². The second-order valence-electron chi connectivity index (χ2n) is 4.93. The number of rotatable bonds is 6. The van der Waals surface area contributed by atoms with E-state index >= 15 is 0 Å². The Morgan fingerprint density at radius 1 is 1.12 bits per heavy atom. The van der Waals surface area contributed by atoms with Gasteiger partial charge in [-0.25, -0.2) is 9.59 Å². The van der Waals surface area contributed by atoms with E-state index in [-0.39, 0.29) is 6.61 Å². The highest BCUT2D eigenvalue weighted by molar-refractivity contribution is 9.10. The third-order valence-corrected chi connectivity index (χ3v) is 3.63. The van der Waals surface area contributed by atoms with E-state index in [0.717, 1.165) is 15.6 Å². The van der Waals surface area contributed by atoms with Gasteiger partial charge in [0.15, 0.2) is 0 Å². The van der Waals surface area contributed by atoms with Crippen molar-refractivity contribution in [2.75, 3.05) is 0 Å². The first-order valence-corrected chi connectivity index (χ1v) is 7.97. The van der Waals surface area contributed by atoms with E-state index in [1.165, 1.54) is 6.08 Å². The fourth-order valence-electron chi connectivity index (χ4n) is 1.87. The van der Waals surface area contributed by atoms with Crippen LogP contribution < -0.4 is 5.32 Å². The van der Waals surface area contributed by atoms with Gasteiger partial charge in [0, 0.05) is 4.47 Å². The molecule has 0 heterocycles. The second kappa shape index (κ2) is 8.88. The molecule has 0 bridgehead atoms. The van der Waals surface area contributed by atoms with Crippen LogP contribution in [0, 0.1) is 0 Å². The van der Waals surface area contributed by atoms with Gasteiger partial charge in [0.1, 0.15) is 12.6 Å². The summed E-state index contributed by atoms with van der Waals surface area (Å²) in [5.74, 6) is -1.17. The molecule has 0 unspecified atom stereocenters. The number of carbonyl (C=O) groups is 2. The van der Waals surface area contributed by atoms with Crippen LogP contribution >= 0.6 is 15.9 Å². The summed E-state index contributed by atoms with van der Waals surface area (Å²) in [4.78, 5) is 23.0. The first-order chi connectivity index (χ1) is 11.5. The monoisotopic (exact) mass is 389 g/mol. The molecule has 0 saturated heterocycles. The minimum absolute atomic E-state index is 0.0788. The smallest absolute Gasteiger partial charge is 0.408 e. The van der Waals surface area contributed by atoms with Gasteiger partial charge in [-0.1, -0.05) is 70.5 Å². The zero-order chi connectivity index (χ0) is 17.4. The van der Waals surface area contributed by atoms with Crippen molar-refractivity contribution in [3.8, 4) is 0 Å². The summed E-state index contributed by atoms with van der Waals surface area (Å²) in [5, 5.41) is 11.5. The summed E-state index contributed by atoms with van der Waals surface area (Å²) in [7, 11) is 0. The molecule has 2 rings (SSSR count). The third kappa shape index (κ3) is 5.89. The van der Waals surface area contributed by atoms with Crippen LogP contribution in [0.15, 0.2) is 65.1 Å². The van der Waals surface area contributed by atoms with E-state index in [9.17, 15) is 14.7 Å². The molecule has 6 heteroatoms. The molecule has 2 aromatic carbocycles. The summed E-state index contributed by atoms with van der Waals surface area (Å²) in [6.07, 6.45) is 2.24. The molecule has 1 atom stereocenters. The number of nitrogens with one attached hydrogen (secondary N) is 1. The molecule has 0 aliphatic rings. The minimum Gasteiger partial charge on any atom is -0.479 e. The first kappa shape index (κ1) is 17.7. The van der Waals surface area contributed by atoms with Crippen molar-refractivity contribution in [2.45, 2.75) is 12.6 Å². The van der Waals surface area contributed by atoms with Gasteiger partial charge in [-0.15, -0.1) is 0 Å². The molecular formula is C18H16BrNO4. The van der Waals surface area contributed by atoms with Crippen molar-refractivity contribution in [1.82, 2.24) is 5.32 Å². The van der Waals surface area contributed by atoms with Crippen LogP contribution in [-0.4, -0.2) is 23.2 Å². The number of carbonyl (C=O) groups excluding carboxylic acids is 1. The Bertz CT molecular complexity index is 714. The maximum Gasteiger partial charge on any atom is 0.408 e. The highest BCUT2D eigenvalue weighted by Gasteiger charge is 2.17. The van der Waals surface area contributed by atoms with Gasteiger partial charge in [-0.2, -0.15) is 0 Å². The number of hydrogen-bond acceptors (Lipinski definition) is 3. The number of halogens is 1. The zero-order valence-electron chi connectivity index (χ0n) is 12.7. The van der Waals surface area contributed by atoms with Crippen molar-refractivity contribution in [2.24, 2.45) is 0 Å². The van der Waals surface area contributed by atoms with Crippen LogP contribution in [0.1, 0.15) is 11.1 Å². The molecule has 2 N–H and O–H groups in total. The number of hydrogen-bond donors (Lipinski definition) is 2. The summed E-state index contributed by atoms with van der Waals surface area (Å²) in [5.41, 5.74) is 1.65. The van der Waals surface area contributed by atoms with Gasteiger partial charge in [0.2, 0.25) is 0 Å². The predicted octanol–water partition coefficient (Wildman–Crippen LogP) is 3.84. The third-order valence-electron chi connectivity index (χ3n) is 3.10. The molecule has 0 aliphatic carbocycles. The molecule has 0 fully saturated rings. The molecule has 24 heavy (non-hydrogen) atoms. The van der Waals surface area contributed by atoms with Gasteiger partial charge in [-0.3, -0.25) is 0 Å². The molecule has 0 aromatic heterocycles. The summed E-state index contributed by atoms with van der Waals surface area (Å²) in [6.45, 7) is 0.0788. The van der Waals surface area contributed by atoms with Gasteiger partial charge in [-0.05, 0) is 23.3 Å². The highest BCUT2D eigenvalue weighted by atomic mass is 79.9. The standard InChI is InChI=1S/C18H16BrNO4/c19-15-9-6-13(7-10-15)8-11-16(17(21)22)20-18(23)24-12-14-4-2-1-3-5-14/h1-11,16H,12H2,(H,20,23)(H,21,22)/b11-8+/t16-/m0/s1. The maximum absolute atomic E-state index is 11.8. The average Bonchev–Trinajstić information content (AvgIpc) is 2.59. The van der Waals surface area contributed by atoms with Crippen molar-refractivity contribution in [3.63, 3.8) is 0 Å². The molecule has 5 nitrogen and oxygen atoms in total. The number of carboxylic acid groups (broad SMARTS) is 1. The lowest BCUT2D eigenvalue weighted by atomic mass is 10.2. The highest BCUT2D eigenvalue weighted by Crippen LogP contribution is 2.12. The van der Waals surface area contributed by atoms with Crippen LogP contribution in [0.2, 0.25) is 0 Å². The van der Waals surface area contributed by atoms with Gasteiger partial charge < -0.3 is 15.2 Å². The average molecular weight is 390 g/mol. The lowest BCUT2D eigenvalue weighted by Crippen LogP contribution is -2.39. The normalized spacial score (nSPS) is 11.9. The minimum atomic E-state index is -1.17. The Labute approximate surface area is 148 Å². The van der Waals surface area contributed by atoms with Gasteiger partial charge >= 0.3 is 12.1 Å². The lowest BCUT2D eigenvalue weighted by Gasteiger charge is -2.11. The van der Waals surface area contributed by atoms with Crippen molar-refractivity contribution < 1.29 is 19.4 Å². The molecule has 0 spiro atoms. The first-order valence-electron chi connectivity index (χ1n) is 7.18. The second-order valence-corrected chi connectivity index (χ2v) is 5.85.